The molecule has 0 amide bonds. The molecule has 2 unspecified atom stereocenters. The van der Waals surface area contributed by atoms with Crippen molar-refractivity contribution in [2.24, 2.45) is 5.73 Å². The summed E-state index contributed by atoms with van der Waals surface area (Å²) < 4.78 is 0. The van der Waals surface area contributed by atoms with Crippen LogP contribution in [0.5, 0.6) is 0 Å². The summed E-state index contributed by atoms with van der Waals surface area (Å²) in [6.07, 6.45) is 7.92. The Morgan fingerprint density at radius 3 is 2.56 bits per heavy atom. The average molecular weight is 239 g/mol. The van der Waals surface area contributed by atoms with Crippen LogP contribution in [0.4, 0.5) is 5.82 Å². The SMILES string of the molecule is NC1CC2CCC(C1)N2c1cncc(Cl)n1. The van der Waals surface area contributed by atoms with E-state index in [1.54, 1.807) is 12.4 Å². The summed E-state index contributed by atoms with van der Waals surface area (Å²) in [6, 6.07) is 1.41. The molecule has 2 atom stereocenters. The molecular formula is C11H15ClN4. The minimum absolute atomic E-state index is 0.348. The number of piperidine rings is 1. The number of hydrogen-bond donors (Lipinski definition) is 1. The molecule has 1 aromatic heterocycles. The lowest BCUT2D eigenvalue weighted by Gasteiger charge is -2.38. The number of nitrogens with two attached hydrogens (primary N) is 1. The molecule has 1 aromatic rings. The van der Waals surface area contributed by atoms with Gasteiger partial charge in [-0.3, -0.25) is 4.98 Å². The predicted octanol–water partition coefficient (Wildman–Crippen LogP) is 1.59. The van der Waals surface area contributed by atoms with Gasteiger partial charge < -0.3 is 10.6 Å². The highest BCUT2D eigenvalue weighted by molar-refractivity contribution is 6.29. The van der Waals surface area contributed by atoms with Gasteiger partial charge in [-0.2, -0.15) is 0 Å². The Morgan fingerprint density at radius 1 is 1.25 bits per heavy atom. The van der Waals surface area contributed by atoms with Gasteiger partial charge in [-0.05, 0) is 25.7 Å². The Labute approximate surface area is 99.8 Å². The molecule has 2 bridgehead atoms. The average Bonchev–Trinajstić information content (AvgIpc) is 2.51. The van der Waals surface area contributed by atoms with E-state index in [1.165, 1.54) is 12.8 Å². The van der Waals surface area contributed by atoms with Crippen molar-refractivity contribution in [1.29, 1.82) is 0 Å². The second-order valence-corrected chi connectivity index (χ2v) is 5.11. The van der Waals surface area contributed by atoms with Gasteiger partial charge >= 0.3 is 0 Å². The Balaban J connectivity index is 1.91. The van der Waals surface area contributed by atoms with Crippen LogP contribution in [0.15, 0.2) is 12.4 Å². The highest BCUT2D eigenvalue weighted by Gasteiger charge is 2.40. The molecule has 5 heteroatoms. The van der Waals surface area contributed by atoms with Crippen molar-refractivity contribution < 1.29 is 0 Å². The lowest BCUT2D eigenvalue weighted by molar-refractivity contribution is 0.412. The molecule has 0 aromatic carbocycles. The van der Waals surface area contributed by atoms with Crippen molar-refractivity contribution in [2.45, 2.75) is 43.8 Å². The van der Waals surface area contributed by atoms with E-state index in [1.807, 2.05) is 0 Å². The number of hydrogen-bond acceptors (Lipinski definition) is 4. The first-order chi connectivity index (χ1) is 7.74. The fraction of sp³-hybridized carbons (Fsp3) is 0.636. The maximum atomic E-state index is 6.04. The zero-order valence-corrected chi connectivity index (χ0v) is 9.77. The zero-order valence-electron chi connectivity index (χ0n) is 9.01. The van der Waals surface area contributed by atoms with E-state index >= 15 is 0 Å². The molecular weight excluding hydrogens is 224 g/mol. The zero-order chi connectivity index (χ0) is 11.1. The van der Waals surface area contributed by atoms with Crippen molar-refractivity contribution in [1.82, 2.24) is 9.97 Å². The molecule has 2 fully saturated rings. The third-order valence-electron chi connectivity index (χ3n) is 3.63. The van der Waals surface area contributed by atoms with Crippen LogP contribution in [0.1, 0.15) is 25.7 Å². The fourth-order valence-corrected chi connectivity index (χ4v) is 3.19. The number of fused-ring (bicyclic) bond motifs is 2. The third-order valence-corrected chi connectivity index (χ3v) is 3.81. The van der Waals surface area contributed by atoms with Gasteiger partial charge in [0, 0.05) is 18.1 Å². The largest absolute Gasteiger partial charge is 0.349 e. The van der Waals surface area contributed by atoms with E-state index in [-0.39, 0.29) is 0 Å². The molecule has 2 aliphatic heterocycles. The van der Waals surface area contributed by atoms with Gasteiger partial charge in [0.05, 0.1) is 12.4 Å². The molecule has 16 heavy (non-hydrogen) atoms. The van der Waals surface area contributed by atoms with Crippen molar-refractivity contribution >= 4 is 17.4 Å². The maximum Gasteiger partial charge on any atom is 0.149 e. The van der Waals surface area contributed by atoms with Crippen LogP contribution in [0.25, 0.3) is 0 Å². The van der Waals surface area contributed by atoms with Crippen LogP contribution in [-0.4, -0.2) is 28.1 Å². The van der Waals surface area contributed by atoms with Gasteiger partial charge in [-0.15, -0.1) is 0 Å². The maximum absolute atomic E-state index is 6.04. The van der Waals surface area contributed by atoms with Crippen molar-refractivity contribution in [2.75, 3.05) is 4.90 Å². The minimum Gasteiger partial charge on any atom is -0.349 e. The number of anilines is 1. The number of aromatic nitrogens is 2. The monoisotopic (exact) mass is 238 g/mol. The van der Waals surface area contributed by atoms with Gasteiger partial charge in [0.2, 0.25) is 0 Å². The van der Waals surface area contributed by atoms with Crippen LogP contribution in [-0.2, 0) is 0 Å². The van der Waals surface area contributed by atoms with Gasteiger partial charge in [-0.1, -0.05) is 11.6 Å². The molecule has 2 saturated heterocycles. The molecule has 3 heterocycles. The standard InChI is InChI=1S/C11H15ClN4/c12-10-5-14-6-11(15-10)16-8-1-2-9(16)4-7(13)3-8/h5-9H,1-4,13H2. The molecule has 0 spiro atoms. The predicted molar refractivity (Wildman–Crippen MR) is 63.5 cm³/mol. The van der Waals surface area contributed by atoms with Crippen LogP contribution in [0.2, 0.25) is 5.15 Å². The highest BCUT2D eigenvalue weighted by Crippen LogP contribution is 2.37. The van der Waals surface area contributed by atoms with Crippen LogP contribution >= 0.6 is 11.6 Å². The summed E-state index contributed by atoms with van der Waals surface area (Å²) in [5, 5.41) is 0.465. The quantitative estimate of drug-likeness (QED) is 0.807. The normalized spacial score (nSPS) is 33.1. The fourth-order valence-electron chi connectivity index (χ4n) is 3.05. The molecule has 3 rings (SSSR count). The molecule has 4 nitrogen and oxygen atoms in total. The van der Waals surface area contributed by atoms with Gasteiger partial charge in [-0.25, -0.2) is 4.98 Å². The van der Waals surface area contributed by atoms with Crippen molar-refractivity contribution in [3.05, 3.63) is 17.5 Å². The Bertz CT molecular complexity index is 383. The van der Waals surface area contributed by atoms with E-state index in [0.717, 1.165) is 18.7 Å². The Kier molecular flexibility index (Phi) is 2.48. The summed E-state index contributed by atoms with van der Waals surface area (Å²) in [6.45, 7) is 0. The minimum atomic E-state index is 0.348. The highest BCUT2D eigenvalue weighted by atomic mass is 35.5. The number of halogens is 1. The summed E-state index contributed by atoms with van der Waals surface area (Å²) in [7, 11) is 0. The van der Waals surface area contributed by atoms with Crippen LogP contribution < -0.4 is 10.6 Å². The van der Waals surface area contributed by atoms with Gasteiger partial charge in [0.15, 0.2) is 0 Å². The third kappa shape index (κ3) is 1.66. The molecule has 86 valence electrons. The van der Waals surface area contributed by atoms with Crippen molar-refractivity contribution in [3.8, 4) is 0 Å². The smallest absolute Gasteiger partial charge is 0.149 e. The van der Waals surface area contributed by atoms with Crippen LogP contribution in [0, 0.1) is 0 Å². The first-order valence-corrected chi connectivity index (χ1v) is 6.13. The lowest BCUT2D eigenvalue weighted by Crippen LogP contribution is -2.47. The first-order valence-electron chi connectivity index (χ1n) is 5.75. The second-order valence-electron chi connectivity index (χ2n) is 4.72. The first kappa shape index (κ1) is 10.3. The number of nitrogens with zero attached hydrogens (tertiary/aromatic N) is 3. The van der Waals surface area contributed by atoms with E-state index in [4.69, 9.17) is 17.3 Å². The molecule has 2 aliphatic rings. The summed E-state index contributed by atoms with van der Waals surface area (Å²) in [5.74, 6) is 0.909. The summed E-state index contributed by atoms with van der Waals surface area (Å²) in [4.78, 5) is 10.8. The van der Waals surface area contributed by atoms with Gasteiger partial charge in [0.1, 0.15) is 11.0 Å². The second kappa shape index (κ2) is 3.86. The van der Waals surface area contributed by atoms with Crippen molar-refractivity contribution in [3.63, 3.8) is 0 Å². The molecule has 2 N–H and O–H groups in total. The molecule has 0 saturated carbocycles. The Hall–Kier alpha value is -0.870. The lowest BCUT2D eigenvalue weighted by atomic mass is 9.98. The molecule has 0 radical (unpaired) electrons. The van der Waals surface area contributed by atoms with E-state index in [2.05, 4.69) is 14.9 Å². The van der Waals surface area contributed by atoms with Crippen LogP contribution in [0.3, 0.4) is 0 Å². The number of rotatable bonds is 1. The van der Waals surface area contributed by atoms with Gasteiger partial charge in [0.25, 0.3) is 0 Å². The summed E-state index contributed by atoms with van der Waals surface area (Å²) >= 11 is 5.88. The topological polar surface area (TPSA) is 55.0 Å². The van der Waals surface area contributed by atoms with E-state index in [0.29, 0.717) is 23.3 Å². The van der Waals surface area contributed by atoms with E-state index in [9.17, 15) is 0 Å². The van der Waals surface area contributed by atoms with E-state index < -0.39 is 0 Å². The molecule has 0 aliphatic carbocycles. The summed E-state index contributed by atoms with van der Waals surface area (Å²) in [5.41, 5.74) is 6.04. The Morgan fingerprint density at radius 2 is 1.94 bits per heavy atom.